The summed E-state index contributed by atoms with van der Waals surface area (Å²) >= 11 is 3.32. The van der Waals surface area contributed by atoms with Crippen LogP contribution in [0.5, 0.6) is 0 Å². The summed E-state index contributed by atoms with van der Waals surface area (Å²) in [5, 5.41) is 4.04. The second-order valence-corrected chi connectivity index (χ2v) is 15.5. The molecule has 3 unspecified atom stereocenters. The fourth-order valence-corrected chi connectivity index (χ4v) is 8.34. The monoisotopic (exact) mass is 750 g/mol. The fourth-order valence-electron chi connectivity index (χ4n) is 6.60. The highest BCUT2D eigenvalue weighted by molar-refractivity contribution is 7.12. The SMILES string of the molecule is Cc1ccc(C(CN)N2CCC(F)(F)CC2)o1.Cc1ccc(C(CN)N2CCC(F)(F)CC2)s1.NCC(c1ccsc1)N1CCC(F)(F)CC1. The largest absolute Gasteiger partial charge is 0.465 e. The molecule has 3 saturated heterocycles. The average molecular weight is 751 g/mol. The van der Waals surface area contributed by atoms with Gasteiger partial charge in [0.2, 0.25) is 0 Å². The maximum atomic E-state index is 13.1. The van der Waals surface area contributed by atoms with E-state index in [-0.39, 0.29) is 56.7 Å². The summed E-state index contributed by atoms with van der Waals surface area (Å²) in [5.74, 6) is -5.89. The van der Waals surface area contributed by atoms with E-state index in [4.69, 9.17) is 21.6 Å². The van der Waals surface area contributed by atoms with E-state index < -0.39 is 17.8 Å². The van der Waals surface area contributed by atoms with E-state index in [0.717, 1.165) is 17.1 Å². The molecule has 50 heavy (non-hydrogen) atoms. The average Bonchev–Trinajstić information content (AvgIpc) is 3.85. The first-order valence-electron chi connectivity index (χ1n) is 17.3. The number of nitrogens with two attached hydrogens (primary N) is 3. The number of likely N-dealkylation sites (tertiary alicyclic amines) is 3. The van der Waals surface area contributed by atoms with Crippen LogP contribution in [-0.2, 0) is 0 Å². The van der Waals surface area contributed by atoms with Gasteiger partial charge >= 0.3 is 0 Å². The summed E-state index contributed by atoms with van der Waals surface area (Å²) in [7, 11) is 0. The molecule has 3 atom stereocenters. The van der Waals surface area contributed by atoms with Crippen LogP contribution in [0.3, 0.4) is 0 Å². The molecule has 0 radical (unpaired) electrons. The summed E-state index contributed by atoms with van der Waals surface area (Å²) in [6.45, 7) is 7.76. The highest BCUT2D eigenvalue weighted by Crippen LogP contribution is 2.35. The van der Waals surface area contributed by atoms with Gasteiger partial charge in [0.05, 0.1) is 12.1 Å². The highest BCUT2D eigenvalue weighted by Gasteiger charge is 2.38. The number of alkyl halides is 6. The third kappa shape index (κ3) is 11.8. The Bertz CT molecular complexity index is 1320. The second kappa shape index (κ2) is 18.2. The Morgan fingerprint density at radius 3 is 1.46 bits per heavy atom. The molecule has 282 valence electrons. The molecular formula is C35H52F6N6OS2. The lowest BCUT2D eigenvalue weighted by atomic mass is 10.0. The van der Waals surface area contributed by atoms with Gasteiger partial charge in [-0.25, -0.2) is 26.3 Å². The van der Waals surface area contributed by atoms with E-state index in [1.165, 1.54) is 9.75 Å². The molecule has 3 aliphatic rings. The van der Waals surface area contributed by atoms with Crippen molar-refractivity contribution in [2.75, 3.05) is 58.9 Å². The number of thiophene rings is 2. The van der Waals surface area contributed by atoms with Gasteiger partial charge in [-0.2, -0.15) is 11.3 Å². The van der Waals surface area contributed by atoms with Crippen LogP contribution in [0.2, 0.25) is 0 Å². The molecule has 0 bridgehead atoms. The Kier molecular flexibility index (Phi) is 14.8. The van der Waals surface area contributed by atoms with Crippen LogP contribution < -0.4 is 17.2 Å². The minimum absolute atomic E-state index is 0.0478. The van der Waals surface area contributed by atoms with Crippen LogP contribution in [0.4, 0.5) is 26.3 Å². The van der Waals surface area contributed by atoms with Crippen molar-refractivity contribution in [3.63, 3.8) is 0 Å². The predicted octanol–water partition coefficient (Wildman–Crippen LogP) is 7.59. The van der Waals surface area contributed by atoms with Crippen LogP contribution in [0.1, 0.15) is 83.5 Å². The molecule has 0 spiro atoms. The van der Waals surface area contributed by atoms with Gasteiger partial charge in [0.25, 0.3) is 17.8 Å². The molecule has 6 rings (SSSR count). The Balaban J connectivity index is 0.000000169. The molecule has 0 aliphatic carbocycles. The van der Waals surface area contributed by atoms with Crippen molar-refractivity contribution < 1.29 is 30.8 Å². The van der Waals surface area contributed by atoms with Crippen molar-refractivity contribution in [2.24, 2.45) is 17.2 Å². The standard InChI is InChI=1S/C12H18F2N2O.C12H18F2N2S.C11H16F2N2S/c2*1-9-2-3-11(17-9)10(8-15)16-6-4-12(13,14)5-7-16;12-11(13)2-4-15(5-3-11)10(7-14)9-1-6-16-8-9/h2*2-3,10H,4-8,15H2,1H3;1,6,8,10H,2-5,7,14H2. The van der Waals surface area contributed by atoms with Crippen molar-refractivity contribution in [3.05, 3.63) is 67.9 Å². The molecule has 3 fully saturated rings. The third-order valence-electron chi connectivity index (χ3n) is 9.69. The van der Waals surface area contributed by atoms with Crippen LogP contribution in [-0.4, -0.2) is 91.4 Å². The zero-order valence-electron chi connectivity index (χ0n) is 28.9. The predicted molar refractivity (Wildman–Crippen MR) is 189 cm³/mol. The quantitative estimate of drug-likeness (QED) is 0.194. The number of aryl methyl sites for hydroxylation is 2. The number of halogens is 6. The number of rotatable bonds is 9. The normalized spacial score (nSPS) is 22.8. The first-order chi connectivity index (χ1) is 23.7. The number of hydrogen-bond acceptors (Lipinski definition) is 9. The maximum absolute atomic E-state index is 13.1. The topological polar surface area (TPSA) is 101 Å². The Labute approximate surface area is 299 Å². The van der Waals surface area contributed by atoms with Gasteiger partial charge in [-0.1, -0.05) is 0 Å². The van der Waals surface area contributed by atoms with Crippen molar-refractivity contribution in [3.8, 4) is 0 Å². The smallest absolute Gasteiger partial charge is 0.250 e. The summed E-state index contributed by atoms with van der Waals surface area (Å²) in [6.07, 6.45) is -0.380. The molecular weight excluding hydrogens is 699 g/mol. The molecule has 3 aromatic heterocycles. The Morgan fingerprint density at radius 2 is 1.10 bits per heavy atom. The zero-order chi connectivity index (χ0) is 36.5. The second-order valence-electron chi connectivity index (χ2n) is 13.4. The van der Waals surface area contributed by atoms with E-state index in [1.54, 1.807) is 22.7 Å². The van der Waals surface area contributed by atoms with Gasteiger partial charge in [0, 0.05) is 113 Å². The van der Waals surface area contributed by atoms with Crippen molar-refractivity contribution in [2.45, 2.75) is 88.3 Å². The van der Waals surface area contributed by atoms with Crippen LogP contribution in [0.15, 0.2) is 45.5 Å². The Morgan fingerprint density at radius 1 is 0.640 bits per heavy atom. The lowest BCUT2D eigenvalue weighted by Crippen LogP contribution is -2.43. The molecule has 0 amide bonds. The molecule has 6 heterocycles. The van der Waals surface area contributed by atoms with E-state index in [2.05, 4.69) is 21.9 Å². The van der Waals surface area contributed by atoms with Crippen molar-refractivity contribution in [1.29, 1.82) is 0 Å². The minimum atomic E-state index is -2.52. The highest BCUT2D eigenvalue weighted by atomic mass is 32.1. The molecule has 3 aromatic rings. The van der Waals surface area contributed by atoms with Gasteiger partial charge in [0.15, 0.2) is 0 Å². The van der Waals surface area contributed by atoms with E-state index in [1.807, 2.05) is 47.7 Å². The zero-order valence-corrected chi connectivity index (χ0v) is 30.6. The van der Waals surface area contributed by atoms with Crippen LogP contribution in [0, 0.1) is 13.8 Å². The van der Waals surface area contributed by atoms with Gasteiger partial charge < -0.3 is 21.6 Å². The first kappa shape index (κ1) is 40.8. The van der Waals surface area contributed by atoms with Crippen molar-refractivity contribution >= 4 is 22.7 Å². The van der Waals surface area contributed by atoms with E-state index >= 15 is 0 Å². The lowest BCUT2D eigenvalue weighted by Gasteiger charge is -2.36. The lowest BCUT2D eigenvalue weighted by molar-refractivity contribution is -0.0644. The van der Waals surface area contributed by atoms with Crippen molar-refractivity contribution in [1.82, 2.24) is 14.7 Å². The van der Waals surface area contributed by atoms with Gasteiger partial charge in [0.1, 0.15) is 11.5 Å². The summed E-state index contributed by atoms with van der Waals surface area (Å²) in [6, 6.07) is 10.0. The van der Waals surface area contributed by atoms with E-state index in [9.17, 15) is 26.3 Å². The van der Waals surface area contributed by atoms with Crippen LogP contribution >= 0.6 is 22.7 Å². The summed E-state index contributed by atoms with van der Waals surface area (Å²) < 4.78 is 83.9. The Hall–Kier alpha value is -1.98. The number of nitrogens with zero attached hydrogens (tertiary/aromatic N) is 3. The van der Waals surface area contributed by atoms with Gasteiger partial charge in [-0.3, -0.25) is 14.7 Å². The summed E-state index contributed by atoms with van der Waals surface area (Å²) in [5.41, 5.74) is 18.4. The fraction of sp³-hybridized carbons (Fsp3) is 0.657. The van der Waals surface area contributed by atoms with E-state index in [0.29, 0.717) is 58.9 Å². The number of furan rings is 1. The summed E-state index contributed by atoms with van der Waals surface area (Å²) in [4.78, 5) is 8.56. The first-order valence-corrected chi connectivity index (χ1v) is 19.0. The molecule has 15 heteroatoms. The number of piperidine rings is 3. The van der Waals surface area contributed by atoms with Gasteiger partial charge in [-0.05, 0) is 60.5 Å². The molecule has 0 saturated carbocycles. The van der Waals surface area contributed by atoms with Gasteiger partial charge in [-0.15, -0.1) is 11.3 Å². The molecule has 6 N–H and O–H groups in total. The molecule has 3 aliphatic heterocycles. The maximum Gasteiger partial charge on any atom is 0.250 e. The molecule has 0 aromatic carbocycles. The number of hydrogen-bond donors (Lipinski definition) is 3. The molecule has 7 nitrogen and oxygen atoms in total. The van der Waals surface area contributed by atoms with Crippen LogP contribution in [0.25, 0.3) is 0 Å². The minimum Gasteiger partial charge on any atom is -0.465 e. The third-order valence-corrected chi connectivity index (χ3v) is 11.5.